The van der Waals surface area contributed by atoms with E-state index in [1.165, 1.54) is 18.4 Å². The Morgan fingerprint density at radius 2 is 1.89 bits per heavy atom. The third-order valence-electron chi connectivity index (χ3n) is 3.45. The molecule has 0 aliphatic heterocycles. The molecule has 19 heavy (non-hydrogen) atoms. The van der Waals surface area contributed by atoms with Crippen LogP contribution >= 0.6 is 0 Å². The van der Waals surface area contributed by atoms with Gasteiger partial charge in [0, 0.05) is 6.04 Å². The summed E-state index contributed by atoms with van der Waals surface area (Å²) in [6.45, 7) is 9.87. The van der Waals surface area contributed by atoms with E-state index in [2.05, 4.69) is 45.1 Å². The number of ether oxygens (including phenoxy) is 1. The van der Waals surface area contributed by atoms with Gasteiger partial charge in [0.15, 0.2) is 0 Å². The van der Waals surface area contributed by atoms with Crippen LogP contribution in [-0.2, 0) is 0 Å². The van der Waals surface area contributed by atoms with Crippen LogP contribution in [-0.4, -0.2) is 18.7 Å². The molecule has 0 fully saturated rings. The maximum atomic E-state index is 5.99. The van der Waals surface area contributed by atoms with E-state index in [-0.39, 0.29) is 6.10 Å². The quantitative estimate of drug-likeness (QED) is 0.670. The van der Waals surface area contributed by atoms with Gasteiger partial charge in [-0.25, -0.2) is 0 Å². The second-order valence-corrected chi connectivity index (χ2v) is 5.48. The average Bonchev–Trinajstić information content (AvgIpc) is 2.39. The number of aryl methyl sites for hydroxylation is 1. The highest BCUT2D eigenvalue weighted by molar-refractivity contribution is 5.31. The van der Waals surface area contributed by atoms with Crippen LogP contribution in [0.5, 0.6) is 5.75 Å². The lowest BCUT2D eigenvalue weighted by Gasteiger charge is -2.19. The van der Waals surface area contributed by atoms with Crippen molar-refractivity contribution in [1.82, 2.24) is 5.32 Å². The lowest BCUT2D eigenvalue weighted by Crippen LogP contribution is -2.28. The zero-order valence-corrected chi connectivity index (χ0v) is 12.9. The highest BCUT2D eigenvalue weighted by Crippen LogP contribution is 2.19. The molecule has 0 spiro atoms. The maximum absolute atomic E-state index is 5.99. The number of nitrogens with one attached hydrogen (secondary N) is 1. The number of rotatable bonds is 9. The SMILES string of the molecule is CCCCN[C@H](C)CC[C@@H](C)Oc1ccccc1C. The van der Waals surface area contributed by atoms with Crippen LogP contribution < -0.4 is 10.1 Å². The summed E-state index contributed by atoms with van der Waals surface area (Å²) >= 11 is 0. The first-order chi connectivity index (χ1) is 9.13. The highest BCUT2D eigenvalue weighted by Gasteiger charge is 2.08. The first-order valence-corrected chi connectivity index (χ1v) is 7.59. The van der Waals surface area contributed by atoms with Gasteiger partial charge in [0.1, 0.15) is 5.75 Å². The lowest BCUT2D eigenvalue weighted by atomic mass is 10.1. The number of para-hydroxylation sites is 1. The summed E-state index contributed by atoms with van der Waals surface area (Å²) < 4.78 is 5.99. The Balaban J connectivity index is 2.24. The molecule has 2 nitrogen and oxygen atoms in total. The molecule has 0 aromatic heterocycles. The summed E-state index contributed by atoms with van der Waals surface area (Å²) in [4.78, 5) is 0. The molecular formula is C17H29NO. The number of hydrogen-bond acceptors (Lipinski definition) is 2. The minimum atomic E-state index is 0.275. The molecule has 0 radical (unpaired) electrons. The van der Waals surface area contributed by atoms with Crippen LogP contribution in [0.4, 0.5) is 0 Å². The third kappa shape index (κ3) is 6.63. The topological polar surface area (TPSA) is 21.3 Å². The third-order valence-corrected chi connectivity index (χ3v) is 3.45. The van der Waals surface area contributed by atoms with Crippen molar-refractivity contribution in [3.63, 3.8) is 0 Å². The Morgan fingerprint density at radius 3 is 2.58 bits per heavy atom. The predicted octanol–water partition coefficient (Wildman–Crippen LogP) is 4.32. The molecule has 0 amide bonds. The van der Waals surface area contributed by atoms with Gasteiger partial charge >= 0.3 is 0 Å². The van der Waals surface area contributed by atoms with E-state index in [0.29, 0.717) is 6.04 Å². The molecular weight excluding hydrogens is 234 g/mol. The molecule has 1 N–H and O–H groups in total. The molecule has 0 saturated heterocycles. The Kier molecular flexibility index (Phi) is 7.57. The van der Waals surface area contributed by atoms with Crippen LogP contribution in [0.1, 0.15) is 52.0 Å². The largest absolute Gasteiger partial charge is 0.490 e. The van der Waals surface area contributed by atoms with E-state index in [9.17, 15) is 0 Å². The average molecular weight is 263 g/mol. The van der Waals surface area contributed by atoms with Gasteiger partial charge in [0.2, 0.25) is 0 Å². The van der Waals surface area contributed by atoms with Crippen molar-refractivity contribution < 1.29 is 4.74 Å². The summed E-state index contributed by atoms with van der Waals surface area (Å²) in [5.74, 6) is 1.02. The van der Waals surface area contributed by atoms with Crippen LogP contribution in [0.25, 0.3) is 0 Å². The summed E-state index contributed by atoms with van der Waals surface area (Å²) in [5, 5.41) is 3.56. The van der Waals surface area contributed by atoms with E-state index in [1.807, 2.05) is 12.1 Å². The van der Waals surface area contributed by atoms with Gasteiger partial charge in [-0.3, -0.25) is 0 Å². The van der Waals surface area contributed by atoms with Gasteiger partial charge in [0.25, 0.3) is 0 Å². The summed E-state index contributed by atoms with van der Waals surface area (Å²) in [7, 11) is 0. The highest BCUT2D eigenvalue weighted by atomic mass is 16.5. The number of benzene rings is 1. The molecule has 0 aliphatic carbocycles. The fraction of sp³-hybridized carbons (Fsp3) is 0.647. The van der Waals surface area contributed by atoms with Crippen molar-refractivity contribution in [2.75, 3.05) is 6.54 Å². The second-order valence-electron chi connectivity index (χ2n) is 5.48. The standard InChI is InChI=1S/C17H29NO/c1-5-6-13-18-15(3)11-12-16(4)19-17-10-8-7-9-14(17)2/h7-10,15-16,18H,5-6,11-13H2,1-4H3/t15-,16-/m1/s1. The molecule has 0 aliphatic rings. The molecule has 2 atom stereocenters. The molecule has 0 unspecified atom stereocenters. The zero-order valence-electron chi connectivity index (χ0n) is 12.9. The van der Waals surface area contributed by atoms with Gasteiger partial charge in [-0.05, 0) is 58.2 Å². The van der Waals surface area contributed by atoms with Crippen molar-refractivity contribution in [3.8, 4) is 5.75 Å². The Bertz CT molecular complexity index is 351. The van der Waals surface area contributed by atoms with Crippen LogP contribution in [0.3, 0.4) is 0 Å². The fourth-order valence-corrected chi connectivity index (χ4v) is 2.08. The molecule has 108 valence electrons. The van der Waals surface area contributed by atoms with Crippen molar-refractivity contribution in [3.05, 3.63) is 29.8 Å². The smallest absolute Gasteiger partial charge is 0.122 e. The first kappa shape index (κ1) is 16.0. The summed E-state index contributed by atoms with van der Waals surface area (Å²) in [6, 6.07) is 8.80. The number of unbranched alkanes of at least 4 members (excludes halogenated alkanes) is 1. The van der Waals surface area contributed by atoms with Crippen molar-refractivity contribution in [2.24, 2.45) is 0 Å². The van der Waals surface area contributed by atoms with E-state index < -0.39 is 0 Å². The molecule has 0 heterocycles. The molecule has 2 heteroatoms. The fourth-order valence-electron chi connectivity index (χ4n) is 2.08. The summed E-state index contributed by atoms with van der Waals surface area (Å²) in [5.41, 5.74) is 1.21. The van der Waals surface area contributed by atoms with E-state index in [1.54, 1.807) is 0 Å². The van der Waals surface area contributed by atoms with Gasteiger partial charge < -0.3 is 10.1 Å². The Labute approximate surface area is 118 Å². The van der Waals surface area contributed by atoms with E-state index in [0.717, 1.165) is 25.1 Å². The molecule has 1 rings (SSSR count). The molecule has 1 aromatic rings. The first-order valence-electron chi connectivity index (χ1n) is 7.59. The van der Waals surface area contributed by atoms with Crippen LogP contribution in [0, 0.1) is 6.92 Å². The van der Waals surface area contributed by atoms with E-state index >= 15 is 0 Å². The van der Waals surface area contributed by atoms with Gasteiger partial charge in [-0.15, -0.1) is 0 Å². The monoisotopic (exact) mass is 263 g/mol. The lowest BCUT2D eigenvalue weighted by molar-refractivity contribution is 0.201. The summed E-state index contributed by atoms with van der Waals surface area (Å²) in [6.07, 6.45) is 5.05. The van der Waals surface area contributed by atoms with Gasteiger partial charge in [0.05, 0.1) is 6.10 Å². The Morgan fingerprint density at radius 1 is 1.16 bits per heavy atom. The van der Waals surface area contributed by atoms with Gasteiger partial charge in [-0.1, -0.05) is 31.5 Å². The maximum Gasteiger partial charge on any atom is 0.122 e. The zero-order chi connectivity index (χ0) is 14.1. The molecule has 1 aromatic carbocycles. The van der Waals surface area contributed by atoms with Crippen molar-refractivity contribution in [2.45, 2.75) is 65.5 Å². The second kappa shape index (κ2) is 8.98. The van der Waals surface area contributed by atoms with Crippen LogP contribution in [0.2, 0.25) is 0 Å². The number of hydrogen-bond donors (Lipinski definition) is 1. The minimum absolute atomic E-state index is 0.275. The van der Waals surface area contributed by atoms with Crippen molar-refractivity contribution >= 4 is 0 Å². The van der Waals surface area contributed by atoms with Crippen LogP contribution in [0.15, 0.2) is 24.3 Å². The Hall–Kier alpha value is -1.02. The molecule has 0 bridgehead atoms. The van der Waals surface area contributed by atoms with Gasteiger partial charge in [-0.2, -0.15) is 0 Å². The molecule has 0 saturated carbocycles. The van der Waals surface area contributed by atoms with Crippen molar-refractivity contribution in [1.29, 1.82) is 0 Å². The normalized spacial score (nSPS) is 14.1. The predicted molar refractivity (Wildman–Crippen MR) is 82.9 cm³/mol. The van der Waals surface area contributed by atoms with E-state index in [4.69, 9.17) is 4.74 Å². The minimum Gasteiger partial charge on any atom is -0.490 e.